The van der Waals surface area contributed by atoms with E-state index in [4.69, 9.17) is 4.84 Å². The average molecular weight is 238 g/mol. The van der Waals surface area contributed by atoms with Gasteiger partial charge in [-0.1, -0.05) is 27.2 Å². The Balaban J connectivity index is 2.17. The predicted molar refractivity (Wildman–Crippen MR) is 53.8 cm³/mol. The van der Waals surface area contributed by atoms with Crippen molar-refractivity contribution < 1.29 is 4.84 Å². The zero-order chi connectivity index (χ0) is 8.84. The molecular formula is C10H8BrNO. The maximum absolute atomic E-state index is 5.07. The van der Waals surface area contributed by atoms with Gasteiger partial charge in [-0.05, 0) is 24.1 Å². The second-order valence-corrected chi connectivity index (χ2v) is 4.39. The van der Waals surface area contributed by atoms with Gasteiger partial charge < -0.3 is 4.84 Å². The Morgan fingerprint density at radius 3 is 3.31 bits per heavy atom. The molecule has 3 rings (SSSR count). The molecule has 0 fully saturated rings. The smallest absolute Gasteiger partial charge is 0.126 e. The van der Waals surface area contributed by atoms with Crippen LogP contribution in [0.3, 0.4) is 0 Å². The molecule has 0 N–H and O–H groups in total. The Morgan fingerprint density at radius 2 is 2.38 bits per heavy atom. The first-order chi connectivity index (χ1) is 6.34. The van der Waals surface area contributed by atoms with E-state index in [2.05, 4.69) is 39.3 Å². The lowest BCUT2D eigenvalue weighted by Gasteiger charge is -1.98. The summed E-state index contributed by atoms with van der Waals surface area (Å²) in [5, 5.41) is 4.07. The van der Waals surface area contributed by atoms with E-state index in [0.717, 1.165) is 23.2 Å². The summed E-state index contributed by atoms with van der Waals surface area (Å²) >= 11 is 3.47. The summed E-state index contributed by atoms with van der Waals surface area (Å²) in [7, 11) is 0. The second-order valence-electron chi connectivity index (χ2n) is 3.47. The van der Waals surface area contributed by atoms with Gasteiger partial charge in [-0.15, -0.1) is 0 Å². The summed E-state index contributed by atoms with van der Waals surface area (Å²) in [5.74, 6) is 0.504. The first-order valence-corrected chi connectivity index (χ1v) is 5.12. The highest BCUT2D eigenvalue weighted by molar-refractivity contribution is 9.10. The molecule has 0 radical (unpaired) electrons. The molecule has 1 unspecified atom stereocenters. The van der Waals surface area contributed by atoms with Gasteiger partial charge in [-0.25, -0.2) is 0 Å². The number of hydrogen-bond acceptors (Lipinski definition) is 2. The first kappa shape index (κ1) is 7.56. The zero-order valence-electron chi connectivity index (χ0n) is 6.96. The van der Waals surface area contributed by atoms with E-state index in [1.54, 1.807) is 0 Å². The fraction of sp³-hybridized carbons (Fsp3) is 0.300. The Labute approximate surface area is 84.7 Å². The number of fused-ring (bicyclic) bond motifs is 3. The molecule has 0 bridgehead atoms. The van der Waals surface area contributed by atoms with Crippen LogP contribution in [0.15, 0.2) is 27.8 Å². The highest BCUT2D eigenvalue weighted by Crippen LogP contribution is 2.32. The van der Waals surface area contributed by atoms with Crippen LogP contribution in [-0.2, 0) is 11.3 Å². The van der Waals surface area contributed by atoms with Gasteiger partial charge in [0.1, 0.15) is 6.61 Å². The van der Waals surface area contributed by atoms with Gasteiger partial charge in [0, 0.05) is 16.0 Å². The van der Waals surface area contributed by atoms with Crippen LogP contribution in [0.4, 0.5) is 0 Å². The Morgan fingerprint density at radius 1 is 1.46 bits per heavy atom. The first-order valence-electron chi connectivity index (χ1n) is 4.33. The molecule has 0 amide bonds. The minimum Gasteiger partial charge on any atom is -0.395 e. The summed E-state index contributed by atoms with van der Waals surface area (Å²) in [5.41, 5.74) is 3.80. The Bertz CT molecular complexity index is 400. The van der Waals surface area contributed by atoms with Crippen LogP contribution >= 0.6 is 15.9 Å². The van der Waals surface area contributed by atoms with Crippen LogP contribution in [0.5, 0.6) is 0 Å². The van der Waals surface area contributed by atoms with Gasteiger partial charge >= 0.3 is 0 Å². The van der Waals surface area contributed by atoms with E-state index in [9.17, 15) is 0 Å². The molecule has 1 aliphatic carbocycles. The molecular weight excluding hydrogens is 230 g/mol. The molecule has 0 saturated heterocycles. The summed E-state index contributed by atoms with van der Waals surface area (Å²) in [6.45, 7) is 0.752. The van der Waals surface area contributed by atoms with Gasteiger partial charge in [0.25, 0.3) is 0 Å². The molecule has 2 nitrogen and oxygen atoms in total. The van der Waals surface area contributed by atoms with Crippen LogP contribution in [0.25, 0.3) is 0 Å². The van der Waals surface area contributed by atoms with Crippen molar-refractivity contribution in [1.29, 1.82) is 0 Å². The molecule has 3 heteroatoms. The van der Waals surface area contributed by atoms with Gasteiger partial charge in [-0.3, -0.25) is 0 Å². The third-order valence-corrected chi connectivity index (χ3v) is 3.13. The SMILES string of the molecule is Brc1ccc2c(c1)CC1CON=C21. The van der Waals surface area contributed by atoms with E-state index < -0.39 is 0 Å². The van der Waals surface area contributed by atoms with Gasteiger partial charge in [0.05, 0.1) is 5.71 Å². The van der Waals surface area contributed by atoms with Crippen molar-refractivity contribution in [3.05, 3.63) is 33.8 Å². The third-order valence-electron chi connectivity index (χ3n) is 2.63. The Hall–Kier alpha value is -0.830. The monoisotopic (exact) mass is 237 g/mol. The van der Waals surface area contributed by atoms with Crippen molar-refractivity contribution in [2.45, 2.75) is 6.42 Å². The molecule has 0 spiro atoms. The molecule has 1 aromatic carbocycles. The van der Waals surface area contributed by atoms with E-state index in [0.29, 0.717) is 5.92 Å². The third kappa shape index (κ3) is 1.03. The highest BCUT2D eigenvalue weighted by Gasteiger charge is 2.33. The second kappa shape index (κ2) is 2.58. The van der Waals surface area contributed by atoms with Crippen LogP contribution in [0.2, 0.25) is 0 Å². The molecule has 1 aromatic rings. The maximum Gasteiger partial charge on any atom is 0.126 e. The summed E-state index contributed by atoms with van der Waals surface area (Å²) in [4.78, 5) is 5.07. The molecule has 1 atom stereocenters. The molecule has 66 valence electrons. The quantitative estimate of drug-likeness (QED) is 0.679. The lowest BCUT2D eigenvalue weighted by Crippen LogP contribution is -2.07. The van der Waals surface area contributed by atoms with Gasteiger partial charge in [0.15, 0.2) is 0 Å². The van der Waals surface area contributed by atoms with E-state index in [1.165, 1.54) is 11.1 Å². The normalized spacial score (nSPS) is 23.5. The topological polar surface area (TPSA) is 21.6 Å². The van der Waals surface area contributed by atoms with Crippen LogP contribution in [-0.4, -0.2) is 12.3 Å². The van der Waals surface area contributed by atoms with Crippen LogP contribution < -0.4 is 0 Å². The predicted octanol–water partition coefficient (Wildman–Crippen LogP) is 2.36. The molecule has 1 heterocycles. The number of nitrogens with zero attached hydrogens (tertiary/aromatic N) is 1. The van der Waals surface area contributed by atoms with Crippen molar-refractivity contribution in [2.75, 3.05) is 6.61 Å². The molecule has 2 aliphatic rings. The molecule has 0 aromatic heterocycles. The lowest BCUT2D eigenvalue weighted by molar-refractivity contribution is 0.154. The number of benzene rings is 1. The number of halogens is 1. The summed E-state index contributed by atoms with van der Waals surface area (Å²) in [6.07, 6.45) is 1.08. The largest absolute Gasteiger partial charge is 0.395 e. The van der Waals surface area contributed by atoms with Crippen molar-refractivity contribution in [3.8, 4) is 0 Å². The van der Waals surface area contributed by atoms with Crippen molar-refractivity contribution in [1.82, 2.24) is 0 Å². The minimum absolute atomic E-state index is 0.504. The van der Waals surface area contributed by atoms with Crippen molar-refractivity contribution in [3.63, 3.8) is 0 Å². The number of oxime groups is 1. The van der Waals surface area contributed by atoms with E-state index in [-0.39, 0.29) is 0 Å². The van der Waals surface area contributed by atoms with Gasteiger partial charge in [0.2, 0.25) is 0 Å². The molecule has 1 aliphatic heterocycles. The van der Waals surface area contributed by atoms with Gasteiger partial charge in [-0.2, -0.15) is 0 Å². The maximum atomic E-state index is 5.07. The lowest BCUT2D eigenvalue weighted by atomic mass is 10.1. The Kier molecular flexibility index (Phi) is 1.50. The highest BCUT2D eigenvalue weighted by atomic mass is 79.9. The average Bonchev–Trinajstić information content (AvgIpc) is 2.62. The standard InChI is InChI=1S/C10H8BrNO/c11-8-1-2-9-6(4-8)3-7-5-13-12-10(7)9/h1-2,4,7H,3,5H2. The summed E-state index contributed by atoms with van der Waals surface area (Å²) in [6, 6.07) is 6.35. The van der Waals surface area contributed by atoms with Crippen LogP contribution in [0, 0.1) is 5.92 Å². The van der Waals surface area contributed by atoms with Crippen molar-refractivity contribution >= 4 is 21.6 Å². The van der Waals surface area contributed by atoms with E-state index in [1.807, 2.05) is 0 Å². The number of hydrogen-bond donors (Lipinski definition) is 0. The van der Waals surface area contributed by atoms with E-state index >= 15 is 0 Å². The van der Waals surface area contributed by atoms with Crippen LogP contribution in [0.1, 0.15) is 11.1 Å². The number of rotatable bonds is 0. The molecule has 0 saturated carbocycles. The summed E-state index contributed by atoms with van der Waals surface area (Å²) < 4.78 is 1.15. The fourth-order valence-corrected chi connectivity index (χ4v) is 2.43. The fourth-order valence-electron chi connectivity index (χ4n) is 2.02. The zero-order valence-corrected chi connectivity index (χ0v) is 8.54. The molecule has 13 heavy (non-hydrogen) atoms. The minimum atomic E-state index is 0.504. The van der Waals surface area contributed by atoms with Crippen molar-refractivity contribution in [2.24, 2.45) is 11.1 Å².